The number of nitrogen functional groups attached to an aromatic ring is 1. The zero-order valence-corrected chi connectivity index (χ0v) is 20.5. The monoisotopic (exact) mass is 533 g/mol. The van der Waals surface area contributed by atoms with Crippen molar-refractivity contribution >= 4 is 57.7 Å². The van der Waals surface area contributed by atoms with E-state index in [9.17, 15) is 29.5 Å². The van der Waals surface area contributed by atoms with E-state index >= 15 is 0 Å². The van der Waals surface area contributed by atoms with E-state index in [0.717, 1.165) is 31.0 Å². The van der Waals surface area contributed by atoms with Crippen LogP contribution in [0.5, 0.6) is 0 Å². The van der Waals surface area contributed by atoms with Gasteiger partial charge in [0, 0.05) is 48.4 Å². The molecule has 0 bridgehead atoms. The lowest BCUT2D eigenvalue weighted by atomic mass is 9.89. The SMILES string of the molecule is Nc1nc(/C(=N/O)C(=O)C[C@@H]2C(=O)N3C(C(=O)O)=C(/C=C4\CCN(C5CCNC5)C4=O)CS[C@H]23)ns1. The van der Waals surface area contributed by atoms with Crippen molar-refractivity contribution in [3.8, 4) is 0 Å². The Morgan fingerprint density at radius 1 is 1.33 bits per heavy atom. The molecule has 2 amide bonds. The summed E-state index contributed by atoms with van der Waals surface area (Å²) in [5.41, 5.74) is 5.88. The number of nitrogens with one attached hydrogen (secondary N) is 1. The van der Waals surface area contributed by atoms with Gasteiger partial charge < -0.3 is 26.3 Å². The lowest BCUT2D eigenvalue weighted by Crippen LogP contribution is -2.62. The van der Waals surface area contributed by atoms with E-state index < -0.39 is 34.7 Å². The number of oxime groups is 1. The number of hydrogen-bond donors (Lipinski definition) is 4. The maximum atomic E-state index is 13.0. The number of carboxylic acids is 1. The standard InChI is InChI=1S/C21H23N7O6S2/c22-21-24-16(26-36-21)14(25-34)13(29)6-12-18(31)28-15(20(32)33)10(8-35-19(12)28)5-9-2-4-27(17(9)30)11-1-3-23-7-11/h5,11-12,19,23,34H,1-4,6-8H2,(H,32,33)(H2,22,24,26)/b9-5+,25-14+/t11?,12-,19-/m1/s1. The van der Waals surface area contributed by atoms with E-state index in [0.29, 0.717) is 24.1 Å². The number of carboxylic acid groups (broad SMARTS) is 1. The number of amides is 2. The quantitative estimate of drug-likeness (QED) is 0.118. The molecule has 3 atom stereocenters. The first-order chi connectivity index (χ1) is 17.3. The molecule has 0 spiro atoms. The Kier molecular flexibility index (Phi) is 6.53. The van der Waals surface area contributed by atoms with Gasteiger partial charge in [0.2, 0.25) is 17.6 Å². The molecule has 4 aliphatic heterocycles. The predicted octanol–water partition coefficient (Wildman–Crippen LogP) is -0.352. The van der Waals surface area contributed by atoms with Gasteiger partial charge >= 0.3 is 5.97 Å². The molecule has 5 heterocycles. The highest BCUT2D eigenvalue weighted by Gasteiger charge is 2.54. The molecule has 5 rings (SSSR count). The predicted molar refractivity (Wildman–Crippen MR) is 129 cm³/mol. The van der Waals surface area contributed by atoms with E-state index in [1.54, 1.807) is 6.08 Å². The van der Waals surface area contributed by atoms with Crippen molar-refractivity contribution < 1.29 is 29.5 Å². The first kappa shape index (κ1) is 24.4. The Morgan fingerprint density at radius 2 is 2.14 bits per heavy atom. The number of β-lactam (4-membered cyclic amide) rings is 1. The number of rotatable bonds is 7. The van der Waals surface area contributed by atoms with Gasteiger partial charge in [0.15, 0.2) is 16.6 Å². The van der Waals surface area contributed by atoms with Crippen molar-refractivity contribution in [2.45, 2.75) is 30.7 Å². The Labute approximate surface area is 213 Å². The molecule has 1 aromatic heterocycles. The second-order valence-corrected chi connectivity index (χ2v) is 10.7. The topological polar surface area (TPSA) is 191 Å². The minimum Gasteiger partial charge on any atom is -0.477 e. The number of likely N-dealkylation sites (tertiary alicyclic amines) is 1. The van der Waals surface area contributed by atoms with Crippen molar-refractivity contribution in [1.82, 2.24) is 24.5 Å². The number of nitrogens with zero attached hydrogens (tertiary/aromatic N) is 5. The smallest absolute Gasteiger partial charge is 0.352 e. The summed E-state index contributed by atoms with van der Waals surface area (Å²) in [5.74, 6) is -3.20. The number of ketones is 1. The number of thioether (sulfide) groups is 1. The van der Waals surface area contributed by atoms with Crippen LogP contribution in [0.1, 0.15) is 25.1 Å². The Balaban J connectivity index is 1.33. The second-order valence-electron chi connectivity index (χ2n) is 8.79. The van der Waals surface area contributed by atoms with Gasteiger partial charge in [0.25, 0.3) is 0 Å². The first-order valence-corrected chi connectivity index (χ1v) is 13.1. The van der Waals surface area contributed by atoms with Crippen LogP contribution in [-0.2, 0) is 19.2 Å². The number of carbonyl (C=O) groups is 4. The van der Waals surface area contributed by atoms with Crippen LogP contribution < -0.4 is 11.1 Å². The number of anilines is 1. The molecule has 0 saturated carbocycles. The van der Waals surface area contributed by atoms with Gasteiger partial charge in [-0.05, 0) is 31.0 Å². The highest BCUT2D eigenvalue weighted by molar-refractivity contribution is 8.00. The normalized spacial score (nSPS) is 27.6. The van der Waals surface area contributed by atoms with Crippen molar-refractivity contribution in [2.24, 2.45) is 11.1 Å². The third kappa shape index (κ3) is 4.16. The molecule has 190 valence electrons. The van der Waals surface area contributed by atoms with E-state index in [1.165, 1.54) is 16.7 Å². The van der Waals surface area contributed by atoms with Crippen LogP contribution in [0, 0.1) is 5.92 Å². The minimum absolute atomic E-state index is 0.0920. The molecule has 1 aromatic rings. The second kappa shape index (κ2) is 9.63. The maximum Gasteiger partial charge on any atom is 0.352 e. The van der Waals surface area contributed by atoms with Gasteiger partial charge in [-0.3, -0.25) is 19.3 Å². The number of carbonyl (C=O) groups excluding carboxylic acids is 3. The molecule has 1 unspecified atom stereocenters. The van der Waals surface area contributed by atoms with Gasteiger partial charge in [0.1, 0.15) is 5.70 Å². The number of hydrogen-bond acceptors (Lipinski definition) is 12. The third-order valence-corrected chi connectivity index (χ3v) is 8.62. The molecular formula is C21H23N7O6S2. The zero-order chi connectivity index (χ0) is 25.6. The lowest BCUT2D eigenvalue weighted by Gasteiger charge is -2.49. The number of allylic oxidation sites excluding steroid dienone is 1. The van der Waals surface area contributed by atoms with Gasteiger partial charge in [-0.1, -0.05) is 5.16 Å². The fraction of sp³-hybridized carbons (Fsp3) is 0.476. The number of aromatic nitrogens is 2. The van der Waals surface area contributed by atoms with Crippen LogP contribution in [0.4, 0.5) is 5.13 Å². The number of fused-ring (bicyclic) bond motifs is 1. The maximum absolute atomic E-state index is 13.0. The lowest BCUT2D eigenvalue weighted by molar-refractivity contribution is -0.153. The molecular weight excluding hydrogens is 510 g/mol. The van der Waals surface area contributed by atoms with E-state index in [-0.39, 0.29) is 40.8 Å². The molecule has 0 radical (unpaired) electrons. The molecule has 3 fully saturated rings. The fourth-order valence-electron chi connectivity index (χ4n) is 4.97. The van der Waals surface area contributed by atoms with Crippen LogP contribution in [0.3, 0.4) is 0 Å². The van der Waals surface area contributed by atoms with Crippen molar-refractivity contribution in [3.63, 3.8) is 0 Å². The summed E-state index contributed by atoms with van der Waals surface area (Å²) in [6.45, 7) is 2.20. The van der Waals surface area contributed by atoms with Gasteiger partial charge in [0.05, 0.1) is 11.3 Å². The summed E-state index contributed by atoms with van der Waals surface area (Å²) >= 11 is 2.16. The third-order valence-electron chi connectivity index (χ3n) is 6.71. The summed E-state index contributed by atoms with van der Waals surface area (Å²) < 4.78 is 3.86. The molecule has 36 heavy (non-hydrogen) atoms. The van der Waals surface area contributed by atoms with Crippen molar-refractivity contribution in [1.29, 1.82) is 0 Å². The van der Waals surface area contributed by atoms with Crippen LogP contribution in [-0.4, -0.2) is 95.6 Å². The molecule has 3 saturated heterocycles. The molecule has 4 aliphatic rings. The van der Waals surface area contributed by atoms with Crippen molar-refractivity contribution in [2.75, 3.05) is 31.1 Å². The van der Waals surface area contributed by atoms with Gasteiger partial charge in [-0.15, -0.1) is 11.8 Å². The van der Waals surface area contributed by atoms with Crippen LogP contribution >= 0.6 is 23.3 Å². The minimum atomic E-state index is -1.27. The van der Waals surface area contributed by atoms with Crippen LogP contribution in [0.15, 0.2) is 28.1 Å². The molecule has 13 nitrogen and oxygen atoms in total. The summed E-state index contributed by atoms with van der Waals surface area (Å²) in [5, 5.41) is 24.9. The molecule has 0 aliphatic carbocycles. The summed E-state index contributed by atoms with van der Waals surface area (Å²) in [6, 6.07) is 0.139. The zero-order valence-electron chi connectivity index (χ0n) is 18.9. The van der Waals surface area contributed by atoms with Gasteiger partial charge in [-0.2, -0.15) is 9.36 Å². The van der Waals surface area contributed by atoms with Crippen LogP contribution in [0.25, 0.3) is 0 Å². The van der Waals surface area contributed by atoms with E-state index in [1.807, 2.05) is 4.90 Å². The molecule has 15 heteroatoms. The number of nitrogens with two attached hydrogens (primary N) is 1. The average Bonchev–Trinajstić information content (AvgIpc) is 3.60. The molecule has 0 aromatic carbocycles. The molecule has 5 N–H and O–H groups in total. The fourth-order valence-corrected chi connectivity index (χ4v) is 6.78. The Hall–Kier alpha value is -3.30. The largest absolute Gasteiger partial charge is 0.477 e. The first-order valence-electron chi connectivity index (χ1n) is 11.3. The number of Topliss-reactive ketones (excluding diaryl/α,β-unsaturated/α-hetero) is 1. The summed E-state index contributed by atoms with van der Waals surface area (Å²) in [7, 11) is 0. The van der Waals surface area contributed by atoms with Crippen molar-refractivity contribution in [3.05, 3.63) is 28.7 Å². The highest BCUT2D eigenvalue weighted by Crippen LogP contribution is 2.46. The number of aliphatic carboxylic acids is 1. The van der Waals surface area contributed by atoms with Gasteiger partial charge in [-0.25, -0.2) is 4.79 Å². The Morgan fingerprint density at radius 3 is 2.78 bits per heavy atom. The highest BCUT2D eigenvalue weighted by atomic mass is 32.2. The van der Waals surface area contributed by atoms with E-state index in [4.69, 9.17) is 5.73 Å². The Bertz CT molecular complexity index is 1230. The average molecular weight is 534 g/mol. The van der Waals surface area contributed by atoms with E-state index in [2.05, 4.69) is 19.8 Å². The van der Waals surface area contributed by atoms with Crippen LogP contribution in [0.2, 0.25) is 0 Å². The summed E-state index contributed by atoms with van der Waals surface area (Å²) in [4.78, 5) is 57.6. The summed E-state index contributed by atoms with van der Waals surface area (Å²) in [6.07, 6.45) is 2.72.